The Morgan fingerprint density at radius 2 is 2.15 bits per heavy atom. The van der Waals surface area contributed by atoms with Gasteiger partial charge in [0.25, 0.3) is 0 Å². The number of benzene rings is 1. The number of amides is 1. The van der Waals surface area contributed by atoms with Crippen molar-refractivity contribution in [1.29, 1.82) is 0 Å². The standard InChI is InChI=1S/C18H23ClN4O2.ClH/c1-12-9-10-20-11-15(12)21-16(24)3-2-4-17-22-18(23-25-17)13-5-7-14(19)8-6-13;/h5-8,12,15,20H,2-4,9-11H2,1H3,(H,21,24);1H. The van der Waals surface area contributed by atoms with Crippen LogP contribution >= 0.6 is 24.0 Å². The highest BCUT2D eigenvalue weighted by atomic mass is 35.5. The lowest BCUT2D eigenvalue weighted by atomic mass is 9.94. The van der Waals surface area contributed by atoms with Crippen LogP contribution in [0.4, 0.5) is 0 Å². The molecule has 2 unspecified atom stereocenters. The van der Waals surface area contributed by atoms with Crippen molar-refractivity contribution in [3.8, 4) is 11.4 Å². The summed E-state index contributed by atoms with van der Waals surface area (Å²) in [5.74, 6) is 1.68. The molecule has 1 aliphatic rings. The topological polar surface area (TPSA) is 80.0 Å². The number of halogens is 2. The van der Waals surface area contributed by atoms with Crippen LogP contribution in [0.5, 0.6) is 0 Å². The van der Waals surface area contributed by atoms with E-state index in [1.54, 1.807) is 12.1 Å². The summed E-state index contributed by atoms with van der Waals surface area (Å²) in [5, 5.41) is 11.1. The van der Waals surface area contributed by atoms with Crippen molar-refractivity contribution in [2.45, 2.75) is 38.6 Å². The number of hydrogen-bond acceptors (Lipinski definition) is 5. The van der Waals surface area contributed by atoms with Crippen LogP contribution in [0.1, 0.15) is 32.1 Å². The fraction of sp³-hybridized carbons (Fsp3) is 0.500. The van der Waals surface area contributed by atoms with Gasteiger partial charge in [-0.1, -0.05) is 23.7 Å². The third-order valence-electron chi connectivity index (χ3n) is 4.54. The molecule has 3 rings (SSSR count). The number of nitrogens with one attached hydrogen (secondary N) is 2. The van der Waals surface area contributed by atoms with Gasteiger partial charge in [-0.05, 0) is 49.6 Å². The normalized spacial score (nSPS) is 19.6. The van der Waals surface area contributed by atoms with Gasteiger partial charge in [0, 0.05) is 36.0 Å². The van der Waals surface area contributed by atoms with Crippen LogP contribution in [0.25, 0.3) is 11.4 Å². The molecule has 6 nitrogen and oxygen atoms in total. The van der Waals surface area contributed by atoms with Crippen LogP contribution < -0.4 is 10.6 Å². The Kier molecular flexibility index (Phi) is 7.87. The molecular weight excluding hydrogens is 375 g/mol. The van der Waals surface area contributed by atoms with Crippen molar-refractivity contribution in [1.82, 2.24) is 20.8 Å². The lowest BCUT2D eigenvalue weighted by molar-refractivity contribution is -0.122. The molecule has 1 fully saturated rings. The molecule has 1 aromatic carbocycles. The lowest BCUT2D eigenvalue weighted by Gasteiger charge is -2.30. The number of rotatable bonds is 6. The maximum atomic E-state index is 12.1. The Morgan fingerprint density at radius 3 is 2.88 bits per heavy atom. The second-order valence-electron chi connectivity index (χ2n) is 6.52. The van der Waals surface area contributed by atoms with E-state index in [1.165, 1.54) is 0 Å². The molecule has 2 atom stereocenters. The van der Waals surface area contributed by atoms with Gasteiger partial charge in [-0.2, -0.15) is 4.98 Å². The molecule has 0 bridgehead atoms. The van der Waals surface area contributed by atoms with E-state index >= 15 is 0 Å². The number of nitrogens with zero attached hydrogens (tertiary/aromatic N) is 2. The van der Waals surface area contributed by atoms with Gasteiger partial charge in [0.15, 0.2) is 0 Å². The van der Waals surface area contributed by atoms with Gasteiger partial charge in [0.05, 0.1) is 0 Å². The minimum absolute atomic E-state index is 0. The first-order valence-corrected chi connectivity index (χ1v) is 9.08. The summed E-state index contributed by atoms with van der Waals surface area (Å²) in [6.07, 6.45) is 2.83. The highest BCUT2D eigenvalue weighted by Crippen LogP contribution is 2.19. The van der Waals surface area contributed by atoms with Crippen LogP contribution in [0.15, 0.2) is 28.8 Å². The van der Waals surface area contributed by atoms with E-state index in [0.29, 0.717) is 41.9 Å². The fourth-order valence-electron chi connectivity index (χ4n) is 2.93. The molecular formula is C18H24Cl2N4O2. The van der Waals surface area contributed by atoms with E-state index in [9.17, 15) is 4.79 Å². The molecule has 0 radical (unpaired) electrons. The number of piperidine rings is 1. The monoisotopic (exact) mass is 398 g/mol. The zero-order chi connectivity index (χ0) is 17.6. The SMILES string of the molecule is CC1CCNCC1NC(=O)CCCc1nc(-c2ccc(Cl)cc2)no1.Cl. The Labute approximate surface area is 164 Å². The van der Waals surface area contributed by atoms with Crippen LogP contribution in [-0.2, 0) is 11.2 Å². The molecule has 142 valence electrons. The first-order valence-electron chi connectivity index (χ1n) is 8.70. The number of carbonyl (C=O) groups is 1. The highest BCUT2D eigenvalue weighted by Gasteiger charge is 2.22. The predicted octanol–water partition coefficient (Wildman–Crippen LogP) is 3.25. The summed E-state index contributed by atoms with van der Waals surface area (Å²) in [6, 6.07) is 7.51. The number of hydrogen-bond donors (Lipinski definition) is 2. The van der Waals surface area contributed by atoms with Crippen molar-refractivity contribution in [3.05, 3.63) is 35.2 Å². The maximum absolute atomic E-state index is 12.1. The largest absolute Gasteiger partial charge is 0.352 e. The highest BCUT2D eigenvalue weighted by molar-refractivity contribution is 6.30. The van der Waals surface area contributed by atoms with E-state index in [0.717, 1.165) is 25.1 Å². The molecule has 1 amide bonds. The van der Waals surface area contributed by atoms with Crippen LogP contribution in [0.3, 0.4) is 0 Å². The molecule has 8 heteroatoms. The number of aromatic nitrogens is 2. The molecule has 26 heavy (non-hydrogen) atoms. The summed E-state index contributed by atoms with van der Waals surface area (Å²) in [5.41, 5.74) is 0.857. The Hall–Kier alpha value is -1.63. The predicted molar refractivity (Wildman–Crippen MR) is 104 cm³/mol. The summed E-state index contributed by atoms with van der Waals surface area (Å²) >= 11 is 5.88. The third-order valence-corrected chi connectivity index (χ3v) is 4.79. The summed E-state index contributed by atoms with van der Waals surface area (Å²) in [6.45, 7) is 4.06. The molecule has 0 saturated carbocycles. The van der Waals surface area contributed by atoms with Gasteiger partial charge < -0.3 is 15.2 Å². The smallest absolute Gasteiger partial charge is 0.226 e. The molecule has 2 heterocycles. The average molecular weight is 399 g/mol. The molecule has 0 aliphatic carbocycles. The van der Waals surface area contributed by atoms with Crippen molar-refractivity contribution < 1.29 is 9.32 Å². The van der Waals surface area contributed by atoms with E-state index in [4.69, 9.17) is 16.1 Å². The molecule has 0 spiro atoms. The number of aryl methyl sites for hydroxylation is 1. The van der Waals surface area contributed by atoms with Gasteiger partial charge in [0.2, 0.25) is 17.6 Å². The summed E-state index contributed by atoms with van der Waals surface area (Å²) in [4.78, 5) is 16.5. The van der Waals surface area contributed by atoms with Crippen LogP contribution in [-0.4, -0.2) is 35.2 Å². The minimum atomic E-state index is 0. The van der Waals surface area contributed by atoms with Gasteiger partial charge in [-0.25, -0.2) is 0 Å². The van der Waals surface area contributed by atoms with Gasteiger partial charge in [0.1, 0.15) is 0 Å². The van der Waals surface area contributed by atoms with E-state index < -0.39 is 0 Å². The number of carbonyl (C=O) groups excluding carboxylic acids is 1. The van der Waals surface area contributed by atoms with E-state index in [-0.39, 0.29) is 24.4 Å². The lowest BCUT2D eigenvalue weighted by Crippen LogP contribution is -2.50. The second kappa shape index (κ2) is 9.90. The molecule has 1 saturated heterocycles. The van der Waals surface area contributed by atoms with Gasteiger partial charge >= 0.3 is 0 Å². The van der Waals surface area contributed by atoms with Crippen LogP contribution in [0, 0.1) is 5.92 Å². The van der Waals surface area contributed by atoms with Crippen molar-refractivity contribution in [2.24, 2.45) is 5.92 Å². The van der Waals surface area contributed by atoms with Crippen molar-refractivity contribution in [2.75, 3.05) is 13.1 Å². The summed E-state index contributed by atoms with van der Waals surface area (Å²) < 4.78 is 5.26. The van der Waals surface area contributed by atoms with Crippen LogP contribution in [0.2, 0.25) is 5.02 Å². The third kappa shape index (κ3) is 5.69. The first-order chi connectivity index (χ1) is 12.1. The molecule has 2 N–H and O–H groups in total. The van der Waals surface area contributed by atoms with Crippen molar-refractivity contribution in [3.63, 3.8) is 0 Å². The Balaban J connectivity index is 0.00000243. The maximum Gasteiger partial charge on any atom is 0.226 e. The van der Waals surface area contributed by atoms with E-state index in [2.05, 4.69) is 27.7 Å². The molecule has 1 aliphatic heterocycles. The zero-order valence-electron chi connectivity index (χ0n) is 14.7. The second-order valence-corrected chi connectivity index (χ2v) is 6.95. The molecule has 2 aromatic rings. The summed E-state index contributed by atoms with van der Waals surface area (Å²) in [7, 11) is 0. The average Bonchev–Trinajstić information content (AvgIpc) is 3.06. The van der Waals surface area contributed by atoms with Crippen molar-refractivity contribution >= 4 is 29.9 Å². The Morgan fingerprint density at radius 1 is 1.38 bits per heavy atom. The minimum Gasteiger partial charge on any atom is -0.352 e. The quantitative estimate of drug-likeness (QED) is 0.780. The first kappa shape index (κ1) is 20.7. The van der Waals surface area contributed by atoms with E-state index in [1.807, 2.05) is 12.1 Å². The molecule has 1 aromatic heterocycles. The Bertz CT molecular complexity index is 705. The fourth-order valence-corrected chi connectivity index (χ4v) is 3.06. The zero-order valence-corrected chi connectivity index (χ0v) is 16.3. The van der Waals surface area contributed by atoms with Gasteiger partial charge in [-0.15, -0.1) is 12.4 Å². The van der Waals surface area contributed by atoms with Gasteiger partial charge in [-0.3, -0.25) is 4.79 Å².